The van der Waals surface area contributed by atoms with E-state index in [4.69, 9.17) is 17.3 Å². The first-order chi connectivity index (χ1) is 11.1. The summed E-state index contributed by atoms with van der Waals surface area (Å²) in [6, 6.07) is 13.7. The minimum Gasteiger partial charge on any atom is -0.368 e. The fraction of sp³-hybridized carbons (Fsp3) is 0.176. The van der Waals surface area contributed by atoms with Gasteiger partial charge in [-0.05, 0) is 37.3 Å². The highest BCUT2D eigenvalue weighted by Gasteiger charge is 2.16. The predicted molar refractivity (Wildman–Crippen MR) is 98.9 cm³/mol. The summed E-state index contributed by atoms with van der Waals surface area (Å²) < 4.78 is 0. The number of guanidine groups is 1. The summed E-state index contributed by atoms with van der Waals surface area (Å²) in [5.41, 5.74) is 12.7. The van der Waals surface area contributed by atoms with Crippen LogP contribution in [0.1, 0.15) is 17.5 Å². The number of halogens is 1. The van der Waals surface area contributed by atoms with Crippen molar-refractivity contribution >= 4 is 40.7 Å². The second kappa shape index (κ2) is 7.06. The maximum absolute atomic E-state index is 6.09. The van der Waals surface area contributed by atoms with E-state index < -0.39 is 0 Å². The van der Waals surface area contributed by atoms with Gasteiger partial charge in [0.15, 0.2) is 0 Å². The molecule has 3 N–H and O–H groups in total. The van der Waals surface area contributed by atoms with E-state index in [1.54, 1.807) is 0 Å². The Balaban J connectivity index is 1.78. The van der Waals surface area contributed by atoms with E-state index in [2.05, 4.69) is 15.5 Å². The molecule has 0 amide bonds. The minimum absolute atomic E-state index is 0.267. The highest BCUT2D eigenvalue weighted by atomic mass is 35.5. The van der Waals surface area contributed by atoms with Gasteiger partial charge in [-0.15, -0.1) is 11.8 Å². The average Bonchev–Trinajstić information content (AvgIpc) is 2.55. The molecule has 4 nitrogen and oxygen atoms in total. The molecule has 0 bridgehead atoms. The number of nitrogens with two attached hydrogens (primary N) is 1. The van der Waals surface area contributed by atoms with E-state index in [9.17, 15) is 0 Å². The summed E-state index contributed by atoms with van der Waals surface area (Å²) in [7, 11) is 0. The molecule has 0 fully saturated rings. The van der Waals surface area contributed by atoms with Crippen LogP contribution in [-0.2, 0) is 0 Å². The fourth-order valence-corrected chi connectivity index (χ4v) is 3.45. The predicted octanol–water partition coefficient (Wildman–Crippen LogP) is 4.08. The molecule has 0 saturated heterocycles. The molecule has 1 aliphatic heterocycles. The van der Waals surface area contributed by atoms with Gasteiger partial charge in [-0.2, -0.15) is 5.10 Å². The zero-order valence-electron chi connectivity index (χ0n) is 12.7. The van der Waals surface area contributed by atoms with E-state index in [0.717, 1.165) is 29.1 Å². The van der Waals surface area contributed by atoms with E-state index in [-0.39, 0.29) is 5.96 Å². The van der Waals surface area contributed by atoms with Crippen molar-refractivity contribution in [3.05, 3.63) is 58.6 Å². The van der Waals surface area contributed by atoms with Gasteiger partial charge >= 0.3 is 0 Å². The molecule has 0 unspecified atom stereocenters. The van der Waals surface area contributed by atoms with Crippen molar-refractivity contribution in [3.8, 4) is 0 Å². The van der Waals surface area contributed by atoms with E-state index in [0.29, 0.717) is 5.02 Å². The second-order valence-electron chi connectivity index (χ2n) is 5.24. The highest BCUT2D eigenvalue weighted by Crippen LogP contribution is 2.32. The fourth-order valence-electron chi connectivity index (χ4n) is 2.27. The molecule has 2 aromatic rings. The summed E-state index contributed by atoms with van der Waals surface area (Å²) in [5, 5.41) is 5.13. The molecule has 23 heavy (non-hydrogen) atoms. The van der Waals surface area contributed by atoms with Crippen molar-refractivity contribution in [2.24, 2.45) is 15.8 Å². The lowest BCUT2D eigenvalue weighted by Crippen LogP contribution is -2.28. The van der Waals surface area contributed by atoms with Crippen LogP contribution in [0.25, 0.3) is 0 Å². The minimum atomic E-state index is 0.267. The molecule has 0 radical (unpaired) electrons. The zero-order valence-corrected chi connectivity index (χ0v) is 14.3. The topological polar surface area (TPSA) is 62.8 Å². The normalized spacial score (nSPS) is 16.3. The first-order valence-corrected chi connectivity index (χ1v) is 8.64. The van der Waals surface area contributed by atoms with Crippen LogP contribution in [0.4, 0.5) is 5.69 Å². The number of benzene rings is 2. The van der Waals surface area contributed by atoms with Gasteiger partial charge in [-0.25, -0.2) is 10.4 Å². The summed E-state index contributed by atoms with van der Waals surface area (Å²) in [5.74, 6) is 1.26. The molecule has 6 heteroatoms. The molecule has 1 aliphatic rings. The Morgan fingerprint density at radius 1 is 1.22 bits per heavy atom. The quantitative estimate of drug-likeness (QED) is 0.490. The Hall–Kier alpha value is -1.98. The van der Waals surface area contributed by atoms with Gasteiger partial charge in [0.25, 0.3) is 0 Å². The van der Waals surface area contributed by atoms with Crippen LogP contribution < -0.4 is 11.2 Å². The third-order valence-electron chi connectivity index (χ3n) is 3.44. The molecule has 3 rings (SSSR count). The van der Waals surface area contributed by atoms with Gasteiger partial charge in [0, 0.05) is 27.7 Å². The number of aryl methyl sites for hydroxylation is 1. The number of nitrogens with one attached hydrogen (secondary N) is 1. The van der Waals surface area contributed by atoms with Crippen LogP contribution in [0, 0.1) is 6.92 Å². The molecule has 0 aliphatic carbocycles. The number of rotatable bonds is 2. The van der Waals surface area contributed by atoms with Crippen molar-refractivity contribution in [1.82, 2.24) is 5.43 Å². The van der Waals surface area contributed by atoms with Crippen LogP contribution in [0.5, 0.6) is 0 Å². The molecule has 2 aromatic carbocycles. The Kier molecular flexibility index (Phi) is 4.88. The molecule has 0 spiro atoms. The van der Waals surface area contributed by atoms with Crippen molar-refractivity contribution in [2.45, 2.75) is 18.2 Å². The number of thioether (sulfide) groups is 1. The lowest BCUT2D eigenvalue weighted by atomic mass is 10.1. The summed E-state index contributed by atoms with van der Waals surface area (Å²) in [6.07, 6.45) is 0.864. The van der Waals surface area contributed by atoms with Gasteiger partial charge in [-0.1, -0.05) is 29.3 Å². The van der Waals surface area contributed by atoms with Gasteiger partial charge in [0.05, 0.1) is 11.4 Å². The Morgan fingerprint density at radius 3 is 2.78 bits per heavy atom. The van der Waals surface area contributed by atoms with Gasteiger partial charge in [0.2, 0.25) is 5.96 Å². The molecular weight excluding hydrogens is 328 g/mol. The number of hydrazone groups is 1. The van der Waals surface area contributed by atoms with Gasteiger partial charge < -0.3 is 5.73 Å². The lowest BCUT2D eigenvalue weighted by molar-refractivity contribution is 0.986. The number of aliphatic imine (C=N–C) groups is 1. The van der Waals surface area contributed by atoms with Crippen LogP contribution >= 0.6 is 23.4 Å². The monoisotopic (exact) mass is 344 g/mol. The van der Waals surface area contributed by atoms with Crippen molar-refractivity contribution in [3.63, 3.8) is 0 Å². The molecular formula is C17H17ClN4S. The van der Waals surface area contributed by atoms with Crippen LogP contribution in [0.2, 0.25) is 5.02 Å². The number of hydrogen-bond acceptors (Lipinski definition) is 3. The second-order valence-corrected chi connectivity index (χ2v) is 6.82. The standard InChI is InChI=1S/C17H17ClN4S/c1-11-2-5-13(6-3-11)20-17(19)22-21-15-8-9-23-16-7-4-12(18)10-14(15)16/h2-7,10H,8-9H2,1H3,(H3,19,20,22)/b21-15+. The Morgan fingerprint density at radius 2 is 2.00 bits per heavy atom. The van der Waals surface area contributed by atoms with E-state index in [1.165, 1.54) is 10.5 Å². The first kappa shape index (κ1) is 15.9. The van der Waals surface area contributed by atoms with Crippen LogP contribution in [0.3, 0.4) is 0 Å². The van der Waals surface area contributed by atoms with Gasteiger partial charge in [-0.3, -0.25) is 0 Å². The van der Waals surface area contributed by atoms with Crippen molar-refractivity contribution in [1.29, 1.82) is 0 Å². The lowest BCUT2D eigenvalue weighted by Gasteiger charge is -2.17. The number of hydrogen-bond donors (Lipinski definition) is 2. The number of nitrogens with zero attached hydrogens (tertiary/aromatic N) is 2. The molecule has 0 saturated carbocycles. The average molecular weight is 345 g/mol. The molecule has 0 aromatic heterocycles. The van der Waals surface area contributed by atoms with Gasteiger partial charge in [0.1, 0.15) is 0 Å². The third kappa shape index (κ3) is 4.06. The smallest absolute Gasteiger partial charge is 0.214 e. The summed E-state index contributed by atoms with van der Waals surface area (Å²) in [6.45, 7) is 2.03. The molecule has 0 atom stereocenters. The third-order valence-corrected chi connectivity index (χ3v) is 4.75. The van der Waals surface area contributed by atoms with E-state index in [1.807, 2.05) is 61.2 Å². The maximum atomic E-state index is 6.09. The van der Waals surface area contributed by atoms with Crippen molar-refractivity contribution < 1.29 is 0 Å². The SMILES string of the molecule is Cc1ccc(N=C(N)N/N=C2\CCSc3ccc(Cl)cc32)cc1. The summed E-state index contributed by atoms with van der Waals surface area (Å²) >= 11 is 7.90. The zero-order chi connectivity index (χ0) is 16.2. The first-order valence-electron chi connectivity index (χ1n) is 7.28. The van der Waals surface area contributed by atoms with Crippen LogP contribution in [0.15, 0.2) is 57.5 Å². The molecule has 1 heterocycles. The van der Waals surface area contributed by atoms with E-state index >= 15 is 0 Å². The summed E-state index contributed by atoms with van der Waals surface area (Å²) in [4.78, 5) is 5.49. The highest BCUT2D eigenvalue weighted by molar-refractivity contribution is 7.99. The Bertz CT molecular complexity index is 769. The number of fused-ring (bicyclic) bond motifs is 1. The van der Waals surface area contributed by atoms with Crippen LogP contribution in [-0.4, -0.2) is 17.4 Å². The maximum Gasteiger partial charge on any atom is 0.214 e. The largest absolute Gasteiger partial charge is 0.368 e. The van der Waals surface area contributed by atoms with Crippen molar-refractivity contribution in [2.75, 3.05) is 5.75 Å². The molecule has 118 valence electrons. The Labute approximate surface area is 144 Å².